The third-order valence-corrected chi connectivity index (χ3v) is 1.55. The number of carbonyl (C=O) groups excluding carboxylic acids is 2. The van der Waals surface area contributed by atoms with Gasteiger partial charge >= 0.3 is 16.5 Å². The predicted octanol–water partition coefficient (Wildman–Crippen LogP) is -2.18. The van der Waals surface area contributed by atoms with E-state index in [-0.39, 0.29) is 16.5 Å². The van der Waals surface area contributed by atoms with E-state index in [0.717, 1.165) is 0 Å². The van der Waals surface area contributed by atoms with Crippen LogP contribution in [-0.2, 0) is 16.5 Å². The summed E-state index contributed by atoms with van der Waals surface area (Å²) < 4.78 is 0. The zero-order valence-electron chi connectivity index (χ0n) is 7.00. The van der Waals surface area contributed by atoms with Gasteiger partial charge in [0, 0.05) is 11.1 Å². The molecule has 2 N–H and O–H groups in total. The molecule has 0 radical (unpaired) electrons. The average molecular weight is 255 g/mol. The molecule has 0 bridgehead atoms. The molecule has 0 saturated carbocycles. The van der Waals surface area contributed by atoms with Crippen LogP contribution in [0.2, 0.25) is 0 Å². The van der Waals surface area contributed by atoms with Crippen molar-refractivity contribution in [3.05, 3.63) is 23.3 Å². The van der Waals surface area contributed by atoms with Crippen molar-refractivity contribution >= 4 is 11.9 Å². The molecule has 6 nitrogen and oxygen atoms in total. The Morgan fingerprint density at radius 2 is 1.20 bits per heavy atom. The van der Waals surface area contributed by atoms with Gasteiger partial charge in [0.1, 0.15) is 11.5 Å². The summed E-state index contributed by atoms with van der Waals surface area (Å²) in [6, 6.07) is 1.16. The Hall–Kier alpha value is -1.75. The summed E-state index contributed by atoms with van der Waals surface area (Å²) in [4.78, 5) is 20.6. The van der Waals surface area contributed by atoms with E-state index in [1.54, 1.807) is 0 Å². The second-order valence-electron chi connectivity index (χ2n) is 2.46. The van der Waals surface area contributed by atoms with Gasteiger partial charge in [-0.1, -0.05) is 0 Å². The van der Waals surface area contributed by atoms with Crippen molar-refractivity contribution in [2.24, 2.45) is 0 Å². The Labute approximate surface area is 93.7 Å². The number of rotatable bonds is 2. The number of phenols is 2. The Kier molecular flexibility index (Phi) is 4.12. The Bertz CT molecular complexity index is 374. The first-order chi connectivity index (χ1) is 6.43. The molecule has 0 aromatic heterocycles. The number of hydrogen-bond donors (Lipinski definition) is 2. The molecule has 1 aromatic rings. The molecule has 0 spiro atoms. The normalized spacial score (nSPS) is 9.07. The second-order valence-corrected chi connectivity index (χ2v) is 2.46. The van der Waals surface area contributed by atoms with E-state index in [1.807, 2.05) is 0 Å². The van der Waals surface area contributed by atoms with Crippen LogP contribution < -0.4 is 10.2 Å². The molecule has 0 heterocycles. The zero-order valence-corrected chi connectivity index (χ0v) is 7.99. The van der Waals surface area contributed by atoms with Gasteiger partial charge in [0.2, 0.25) is 0 Å². The largest absolute Gasteiger partial charge is 2.00 e. The fourth-order valence-corrected chi connectivity index (χ4v) is 0.904. The topological polar surface area (TPSA) is 121 Å². The summed E-state index contributed by atoms with van der Waals surface area (Å²) in [7, 11) is 0. The van der Waals surface area contributed by atoms with E-state index in [0.29, 0.717) is 12.1 Å². The van der Waals surface area contributed by atoms with Gasteiger partial charge in [-0.3, -0.25) is 0 Å². The van der Waals surface area contributed by atoms with Crippen molar-refractivity contribution in [1.29, 1.82) is 0 Å². The van der Waals surface area contributed by atoms with E-state index in [1.165, 1.54) is 0 Å². The molecule has 15 heavy (non-hydrogen) atoms. The minimum Gasteiger partial charge on any atom is -0.545 e. The fourth-order valence-electron chi connectivity index (χ4n) is 0.904. The van der Waals surface area contributed by atoms with Crippen LogP contribution in [0.15, 0.2) is 12.1 Å². The molecule has 0 aliphatic heterocycles. The smallest absolute Gasteiger partial charge is 0.545 e. The van der Waals surface area contributed by atoms with Crippen LogP contribution in [0.4, 0.5) is 0 Å². The van der Waals surface area contributed by atoms with Gasteiger partial charge in [-0.2, -0.15) is 0 Å². The van der Waals surface area contributed by atoms with Crippen LogP contribution >= 0.6 is 0 Å². The van der Waals surface area contributed by atoms with Crippen LogP contribution in [0.1, 0.15) is 20.7 Å². The number of carbonyl (C=O) groups is 2. The predicted molar refractivity (Wildman–Crippen MR) is 38.4 cm³/mol. The van der Waals surface area contributed by atoms with Crippen LogP contribution in [0.5, 0.6) is 11.5 Å². The summed E-state index contributed by atoms with van der Waals surface area (Å²) in [6.07, 6.45) is 0. The van der Waals surface area contributed by atoms with Crippen molar-refractivity contribution in [3.63, 3.8) is 0 Å². The van der Waals surface area contributed by atoms with Crippen molar-refractivity contribution in [3.8, 4) is 11.5 Å². The monoisotopic (exact) mass is 254 g/mol. The van der Waals surface area contributed by atoms with Crippen molar-refractivity contribution in [1.82, 2.24) is 0 Å². The molecule has 7 heteroatoms. The second kappa shape index (κ2) is 4.66. The van der Waals surface area contributed by atoms with E-state index in [2.05, 4.69) is 0 Å². The molecule has 0 aliphatic rings. The maximum Gasteiger partial charge on any atom is 2.00 e. The van der Waals surface area contributed by atoms with E-state index in [4.69, 9.17) is 10.2 Å². The Morgan fingerprint density at radius 1 is 0.933 bits per heavy atom. The molecule has 0 aliphatic carbocycles. The molecule has 0 saturated heterocycles. The van der Waals surface area contributed by atoms with E-state index >= 15 is 0 Å². The number of carboxylic acid groups (broad SMARTS) is 2. The molecular weight excluding hydrogens is 251 g/mol. The van der Waals surface area contributed by atoms with E-state index in [9.17, 15) is 19.8 Å². The average Bonchev–Trinajstić information content (AvgIpc) is 2.07. The third-order valence-electron chi connectivity index (χ3n) is 1.55. The number of aromatic hydroxyl groups is 2. The molecule has 1 rings (SSSR count). The molecule has 0 fully saturated rings. The summed E-state index contributed by atoms with van der Waals surface area (Å²) in [5.41, 5.74) is -1.38. The van der Waals surface area contributed by atoms with Crippen LogP contribution in [-0.4, -0.2) is 22.2 Å². The standard InChI is InChI=1S/C8H6O6.Ni/c9-5-1-3(7(11)12)6(10)2-4(5)8(13)14;/h1-2,9-10H,(H,11,12)(H,13,14);/q;+2/p-2. The zero-order chi connectivity index (χ0) is 10.9. The third kappa shape index (κ3) is 2.60. The molecule has 82 valence electrons. The number of carboxylic acids is 2. The van der Waals surface area contributed by atoms with Gasteiger partial charge in [-0.05, 0) is 12.1 Å². The van der Waals surface area contributed by atoms with Gasteiger partial charge in [-0.25, -0.2) is 0 Å². The van der Waals surface area contributed by atoms with Crippen molar-refractivity contribution in [2.45, 2.75) is 0 Å². The van der Waals surface area contributed by atoms with Gasteiger partial charge in [-0.15, -0.1) is 0 Å². The molecule has 0 unspecified atom stereocenters. The quantitative estimate of drug-likeness (QED) is 0.457. The van der Waals surface area contributed by atoms with Gasteiger partial charge < -0.3 is 30.0 Å². The molecule has 1 aromatic carbocycles. The first-order valence-electron chi connectivity index (χ1n) is 3.42. The van der Waals surface area contributed by atoms with Gasteiger partial charge in [0.15, 0.2) is 0 Å². The fraction of sp³-hybridized carbons (Fsp3) is 0. The van der Waals surface area contributed by atoms with Crippen LogP contribution in [0.25, 0.3) is 0 Å². The number of hydrogen-bond acceptors (Lipinski definition) is 6. The van der Waals surface area contributed by atoms with Crippen molar-refractivity contribution < 1.29 is 46.5 Å². The maximum absolute atomic E-state index is 10.3. The molecule has 0 atom stereocenters. The minimum absolute atomic E-state index is 0. The Balaban J connectivity index is 0.00000196. The number of benzene rings is 1. The van der Waals surface area contributed by atoms with Gasteiger partial charge in [0.05, 0.1) is 11.9 Å². The molecular formula is C8H4NiO6. The van der Waals surface area contributed by atoms with Crippen LogP contribution in [0, 0.1) is 0 Å². The summed E-state index contributed by atoms with van der Waals surface area (Å²) >= 11 is 0. The summed E-state index contributed by atoms with van der Waals surface area (Å²) in [5.74, 6) is -5.05. The van der Waals surface area contributed by atoms with Crippen LogP contribution in [0.3, 0.4) is 0 Å². The van der Waals surface area contributed by atoms with E-state index < -0.39 is 34.6 Å². The first kappa shape index (κ1) is 13.3. The van der Waals surface area contributed by atoms with Crippen molar-refractivity contribution in [2.75, 3.05) is 0 Å². The minimum atomic E-state index is -1.72. The SMILES string of the molecule is O=C([O-])c1cc(O)c(C(=O)[O-])cc1O.[Ni+2]. The Morgan fingerprint density at radius 3 is 1.40 bits per heavy atom. The number of aromatic carboxylic acids is 2. The summed E-state index contributed by atoms with van der Waals surface area (Å²) in [5, 5.41) is 38.6. The maximum atomic E-state index is 10.3. The summed E-state index contributed by atoms with van der Waals surface area (Å²) in [6.45, 7) is 0. The van der Waals surface area contributed by atoms with Gasteiger partial charge in [0.25, 0.3) is 0 Å². The first-order valence-corrected chi connectivity index (χ1v) is 3.42. The molecule has 0 amide bonds.